The van der Waals surface area contributed by atoms with Crippen molar-refractivity contribution in [2.24, 2.45) is 0 Å². The Balaban J connectivity index is 1.78. The number of nitrogens with one attached hydrogen (secondary N) is 1. The molecule has 0 radical (unpaired) electrons. The van der Waals surface area contributed by atoms with Gasteiger partial charge in [-0.1, -0.05) is 0 Å². The highest BCUT2D eigenvalue weighted by Crippen LogP contribution is 2.36. The van der Waals surface area contributed by atoms with Crippen LogP contribution in [0, 0.1) is 6.92 Å². The van der Waals surface area contributed by atoms with E-state index >= 15 is 0 Å². The van der Waals surface area contributed by atoms with Crippen LogP contribution >= 0.6 is 0 Å². The number of aryl methyl sites for hydroxylation is 1. The summed E-state index contributed by atoms with van der Waals surface area (Å²) in [6, 6.07) is 7.94. The summed E-state index contributed by atoms with van der Waals surface area (Å²) in [5.74, 6) is 1.08. The van der Waals surface area contributed by atoms with Crippen molar-refractivity contribution < 1.29 is 4.21 Å². The van der Waals surface area contributed by atoms with Crippen LogP contribution in [-0.2, 0) is 10.8 Å². The highest BCUT2D eigenvalue weighted by molar-refractivity contribution is 7.84. The van der Waals surface area contributed by atoms with Crippen molar-refractivity contribution in [1.29, 1.82) is 0 Å². The molecule has 2 fully saturated rings. The van der Waals surface area contributed by atoms with Crippen LogP contribution in [0.4, 0.5) is 0 Å². The van der Waals surface area contributed by atoms with Crippen molar-refractivity contribution in [3.05, 3.63) is 24.0 Å². The van der Waals surface area contributed by atoms with E-state index in [4.69, 9.17) is 4.98 Å². The van der Waals surface area contributed by atoms with Gasteiger partial charge in [0.15, 0.2) is 0 Å². The summed E-state index contributed by atoms with van der Waals surface area (Å²) in [5, 5.41) is 3.70. The quantitative estimate of drug-likeness (QED) is 0.927. The molecule has 1 aromatic heterocycles. The molecule has 4 atom stereocenters. The summed E-state index contributed by atoms with van der Waals surface area (Å²) in [7, 11) is -0.948. The molecular weight excluding hydrogens is 282 g/mol. The molecule has 1 aromatic carbocycles. The summed E-state index contributed by atoms with van der Waals surface area (Å²) in [5.41, 5.74) is 2.17. The lowest BCUT2D eigenvalue weighted by Crippen LogP contribution is -2.39. The molecule has 112 valence electrons. The molecule has 3 unspecified atom stereocenters. The summed E-state index contributed by atoms with van der Waals surface area (Å²) in [6.07, 6.45) is 6.74. The maximum absolute atomic E-state index is 11.6. The summed E-state index contributed by atoms with van der Waals surface area (Å²) in [4.78, 5) is 5.57. The number of piperidine rings is 1. The van der Waals surface area contributed by atoms with Crippen LogP contribution in [0.3, 0.4) is 0 Å². The zero-order chi connectivity index (χ0) is 14.6. The first-order valence-electron chi connectivity index (χ1n) is 7.70. The Bertz CT molecular complexity index is 712. The van der Waals surface area contributed by atoms with Gasteiger partial charge in [-0.15, -0.1) is 0 Å². The van der Waals surface area contributed by atoms with E-state index in [0.29, 0.717) is 18.1 Å². The molecule has 4 rings (SSSR count). The highest BCUT2D eigenvalue weighted by Gasteiger charge is 2.35. The number of rotatable bonds is 2. The fraction of sp³-hybridized carbons (Fsp3) is 0.562. The largest absolute Gasteiger partial charge is 0.325 e. The van der Waals surface area contributed by atoms with Crippen molar-refractivity contribution in [3.8, 4) is 0 Å². The van der Waals surface area contributed by atoms with Gasteiger partial charge in [-0.3, -0.25) is 4.21 Å². The average Bonchev–Trinajstić information content (AvgIpc) is 2.96. The molecule has 21 heavy (non-hydrogen) atoms. The predicted octanol–water partition coefficient (Wildman–Crippen LogP) is 2.54. The molecule has 0 aliphatic carbocycles. The molecule has 2 aromatic rings. The van der Waals surface area contributed by atoms with Gasteiger partial charge < -0.3 is 9.88 Å². The van der Waals surface area contributed by atoms with Gasteiger partial charge in [-0.25, -0.2) is 4.98 Å². The lowest BCUT2D eigenvalue weighted by molar-refractivity contribution is 0.300. The van der Waals surface area contributed by atoms with Gasteiger partial charge in [0.05, 0.1) is 11.0 Å². The van der Waals surface area contributed by atoms with E-state index < -0.39 is 10.8 Å². The minimum atomic E-state index is -0.948. The van der Waals surface area contributed by atoms with E-state index in [1.807, 2.05) is 12.1 Å². The van der Waals surface area contributed by atoms with Crippen molar-refractivity contribution in [2.45, 2.75) is 55.6 Å². The van der Waals surface area contributed by atoms with Crippen LogP contribution in [0.25, 0.3) is 11.0 Å². The molecule has 0 spiro atoms. The van der Waals surface area contributed by atoms with E-state index in [9.17, 15) is 4.21 Å². The predicted molar refractivity (Wildman–Crippen MR) is 85.0 cm³/mol. The van der Waals surface area contributed by atoms with Gasteiger partial charge >= 0.3 is 0 Å². The number of benzene rings is 1. The Morgan fingerprint density at radius 2 is 2.00 bits per heavy atom. The molecule has 2 aliphatic rings. The fourth-order valence-electron chi connectivity index (χ4n) is 4.08. The fourth-order valence-corrected chi connectivity index (χ4v) is 4.61. The Morgan fingerprint density at radius 1 is 1.29 bits per heavy atom. The van der Waals surface area contributed by atoms with E-state index in [1.54, 1.807) is 6.26 Å². The second-order valence-corrected chi connectivity index (χ2v) is 7.78. The van der Waals surface area contributed by atoms with Gasteiger partial charge in [0.1, 0.15) is 5.82 Å². The van der Waals surface area contributed by atoms with Crippen LogP contribution in [0.1, 0.15) is 37.5 Å². The molecule has 2 aliphatic heterocycles. The Hall–Kier alpha value is -1.20. The van der Waals surface area contributed by atoms with Gasteiger partial charge in [0.25, 0.3) is 0 Å². The molecule has 0 saturated carbocycles. The van der Waals surface area contributed by atoms with Crippen molar-refractivity contribution >= 4 is 21.8 Å². The lowest BCUT2D eigenvalue weighted by Gasteiger charge is -2.31. The zero-order valence-electron chi connectivity index (χ0n) is 12.5. The molecular formula is C16H21N3OS. The minimum Gasteiger partial charge on any atom is -0.325 e. The van der Waals surface area contributed by atoms with E-state index in [2.05, 4.69) is 22.9 Å². The maximum atomic E-state index is 11.6. The summed E-state index contributed by atoms with van der Waals surface area (Å²) < 4.78 is 14.1. The third-order valence-corrected chi connectivity index (χ3v) is 5.90. The van der Waals surface area contributed by atoms with Gasteiger partial charge in [0.2, 0.25) is 0 Å². The molecule has 2 saturated heterocycles. The number of aromatic nitrogens is 2. The van der Waals surface area contributed by atoms with Gasteiger partial charge in [0, 0.05) is 40.1 Å². The molecule has 4 nitrogen and oxygen atoms in total. The molecule has 0 amide bonds. The topological polar surface area (TPSA) is 46.9 Å². The van der Waals surface area contributed by atoms with Gasteiger partial charge in [-0.05, 0) is 50.8 Å². The number of hydrogen-bond donors (Lipinski definition) is 1. The normalized spacial score (nSPS) is 29.9. The Morgan fingerprint density at radius 3 is 2.67 bits per heavy atom. The Kier molecular flexibility index (Phi) is 3.15. The number of imidazole rings is 1. The highest BCUT2D eigenvalue weighted by atomic mass is 32.2. The number of fused-ring (bicyclic) bond motifs is 3. The SMILES string of the molecule is Cc1nc2cc(S(C)=O)ccc2n1C1CC2CC[C@@H](C1)N2. The summed E-state index contributed by atoms with van der Waals surface area (Å²) >= 11 is 0. The molecule has 2 bridgehead atoms. The zero-order valence-corrected chi connectivity index (χ0v) is 13.3. The number of nitrogens with zero attached hydrogens (tertiary/aromatic N) is 2. The summed E-state index contributed by atoms with van der Waals surface area (Å²) in [6.45, 7) is 2.09. The van der Waals surface area contributed by atoms with Crippen LogP contribution in [0.15, 0.2) is 23.1 Å². The second kappa shape index (κ2) is 4.92. The van der Waals surface area contributed by atoms with Gasteiger partial charge in [-0.2, -0.15) is 0 Å². The molecule has 3 heterocycles. The van der Waals surface area contributed by atoms with E-state index in [0.717, 1.165) is 16.2 Å². The first-order valence-corrected chi connectivity index (χ1v) is 9.25. The first-order chi connectivity index (χ1) is 10.1. The smallest absolute Gasteiger partial charge is 0.106 e. The average molecular weight is 303 g/mol. The lowest BCUT2D eigenvalue weighted by atomic mass is 9.99. The van der Waals surface area contributed by atoms with Crippen molar-refractivity contribution in [3.63, 3.8) is 0 Å². The van der Waals surface area contributed by atoms with Crippen LogP contribution < -0.4 is 5.32 Å². The Labute approximate surface area is 127 Å². The maximum Gasteiger partial charge on any atom is 0.106 e. The second-order valence-electron chi connectivity index (χ2n) is 6.40. The van der Waals surface area contributed by atoms with Crippen LogP contribution in [-0.4, -0.2) is 32.1 Å². The van der Waals surface area contributed by atoms with Crippen molar-refractivity contribution in [2.75, 3.05) is 6.26 Å². The van der Waals surface area contributed by atoms with Crippen molar-refractivity contribution in [1.82, 2.24) is 14.9 Å². The van der Waals surface area contributed by atoms with Crippen LogP contribution in [0.5, 0.6) is 0 Å². The third-order valence-electron chi connectivity index (χ3n) is 4.98. The van der Waals surface area contributed by atoms with E-state index in [-0.39, 0.29) is 0 Å². The standard InChI is InChI=1S/C16H21N3OS/c1-10-17-15-9-14(21(2)20)5-6-16(15)19(10)13-7-11-3-4-12(8-13)18-11/h5-6,9,11-13,18H,3-4,7-8H2,1-2H3/t11-,12?,13?,21?/m0/s1. The third kappa shape index (κ3) is 2.23. The van der Waals surface area contributed by atoms with E-state index in [1.165, 1.54) is 31.2 Å². The molecule has 5 heteroatoms. The first kappa shape index (κ1) is 13.5. The minimum absolute atomic E-state index is 0.548. The number of hydrogen-bond acceptors (Lipinski definition) is 3. The molecule has 1 N–H and O–H groups in total. The van der Waals surface area contributed by atoms with Crippen LogP contribution in [0.2, 0.25) is 0 Å². The monoisotopic (exact) mass is 303 g/mol.